The Morgan fingerprint density at radius 3 is 2.45 bits per heavy atom. The highest BCUT2D eigenvalue weighted by Crippen LogP contribution is 2.16. The van der Waals surface area contributed by atoms with Gasteiger partial charge in [-0.15, -0.1) is 11.8 Å². The Morgan fingerprint density at radius 2 is 1.91 bits per heavy atom. The van der Waals surface area contributed by atoms with E-state index in [2.05, 4.69) is 0 Å². The summed E-state index contributed by atoms with van der Waals surface area (Å²) in [7, 11) is 0. The smallest absolute Gasteiger partial charge is 0.123 e. The fraction of sp³-hybridized carbons (Fsp3) is 0.250. The molecule has 0 spiro atoms. The number of aliphatic hydroxyl groups is 1. The highest BCUT2D eigenvalue weighted by molar-refractivity contribution is 7.99. The molecule has 1 rings (SSSR count). The molecule has 1 N–H and O–H groups in total. The SMILES string of the molecule is OCCSc1ccc(F)cc1. The lowest BCUT2D eigenvalue weighted by molar-refractivity contribution is 0.322. The summed E-state index contributed by atoms with van der Waals surface area (Å²) in [6.45, 7) is 0.155. The van der Waals surface area contributed by atoms with Gasteiger partial charge >= 0.3 is 0 Å². The van der Waals surface area contributed by atoms with E-state index in [0.717, 1.165) is 4.90 Å². The Hall–Kier alpha value is -0.540. The lowest BCUT2D eigenvalue weighted by atomic mass is 10.4. The lowest BCUT2D eigenvalue weighted by Gasteiger charge is -1.97. The van der Waals surface area contributed by atoms with Crippen LogP contribution in [0.2, 0.25) is 0 Å². The van der Waals surface area contributed by atoms with Gasteiger partial charge in [0.1, 0.15) is 5.82 Å². The minimum absolute atomic E-state index is 0.155. The second kappa shape index (κ2) is 4.36. The molecular formula is C8H9FOS. The largest absolute Gasteiger partial charge is 0.396 e. The molecule has 11 heavy (non-hydrogen) atoms. The topological polar surface area (TPSA) is 20.2 Å². The van der Waals surface area contributed by atoms with Crippen LogP contribution < -0.4 is 0 Å². The third-order valence-electron chi connectivity index (χ3n) is 1.17. The molecule has 0 aliphatic rings. The molecule has 0 saturated heterocycles. The first-order chi connectivity index (χ1) is 5.33. The Kier molecular flexibility index (Phi) is 3.39. The zero-order chi connectivity index (χ0) is 8.10. The van der Waals surface area contributed by atoms with Gasteiger partial charge in [0.25, 0.3) is 0 Å². The van der Waals surface area contributed by atoms with E-state index >= 15 is 0 Å². The zero-order valence-electron chi connectivity index (χ0n) is 5.96. The van der Waals surface area contributed by atoms with Gasteiger partial charge in [0.2, 0.25) is 0 Å². The number of hydrogen-bond acceptors (Lipinski definition) is 2. The first-order valence-electron chi connectivity index (χ1n) is 3.32. The maximum absolute atomic E-state index is 12.4. The van der Waals surface area contributed by atoms with Crippen LogP contribution in [-0.2, 0) is 0 Å². The van der Waals surface area contributed by atoms with Crippen LogP contribution in [-0.4, -0.2) is 17.5 Å². The quantitative estimate of drug-likeness (QED) is 0.703. The van der Waals surface area contributed by atoms with Crippen molar-refractivity contribution in [2.24, 2.45) is 0 Å². The van der Waals surface area contributed by atoms with Gasteiger partial charge < -0.3 is 5.11 Å². The van der Waals surface area contributed by atoms with E-state index in [1.807, 2.05) is 0 Å². The second-order valence-corrected chi connectivity index (χ2v) is 3.19. The van der Waals surface area contributed by atoms with E-state index in [9.17, 15) is 4.39 Å². The standard InChI is InChI=1S/C8H9FOS/c9-7-1-3-8(4-2-7)11-6-5-10/h1-4,10H,5-6H2. The van der Waals surface area contributed by atoms with Crippen LogP contribution in [0.3, 0.4) is 0 Å². The van der Waals surface area contributed by atoms with Gasteiger partial charge in [-0.1, -0.05) is 0 Å². The molecule has 0 unspecified atom stereocenters. The molecular weight excluding hydrogens is 163 g/mol. The van der Waals surface area contributed by atoms with Crippen molar-refractivity contribution in [3.05, 3.63) is 30.1 Å². The van der Waals surface area contributed by atoms with Gasteiger partial charge in [-0.2, -0.15) is 0 Å². The van der Waals surface area contributed by atoms with Crippen molar-refractivity contribution in [3.63, 3.8) is 0 Å². The molecule has 0 aliphatic carbocycles. The zero-order valence-corrected chi connectivity index (χ0v) is 6.77. The molecule has 0 amide bonds. The van der Waals surface area contributed by atoms with Crippen LogP contribution in [0, 0.1) is 5.82 Å². The van der Waals surface area contributed by atoms with Crippen molar-refractivity contribution in [1.29, 1.82) is 0 Å². The summed E-state index contributed by atoms with van der Waals surface area (Å²) in [4.78, 5) is 0.987. The summed E-state index contributed by atoms with van der Waals surface area (Å²) in [5.41, 5.74) is 0. The molecule has 1 nitrogen and oxygen atoms in total. The first-order valence-corrected chi connectivity index (χ1v) is 4.30. The molecule has 1 aromatic carbocycles. The highest BCUT2D eigenvalue weighted by Gasteiger charge is 1.92. The maximum Gasteiger partial charge on any atom is 0.123 e. The fourth-order valence-electron chi connectivity index (χ4n) is 0.694. The lowest BCUT2D eigenvalue weighted by Crippen LogP contribution is -1.85. The van der Waals surface area contributed by atoms with Crippen LogP contribution in [0.5, 0.6) is 0 Å². The predicted molar refractivity (Wildman–Crippen MR) is 44.2 cm³/mol. The minimum atomic E-state index is -0.224. The molecule has 0 radical (unpaired) electrons. The fourth-order valence-corrected chi connectivity index (χ4v) is 1.35. The monoisotopic (exact) mass is 172 g/mol. The number of benzene rings is 1. The third-order valence-corrected chi connectivity index (χ3v) is 2.17. The normalized spacial score (nSPS) is 10.0. The van der Waals surface area contributed by atoms with Crippen molar-refractivity contribution in [2.75, 3.05) is 12.4 Å². The molecule has 0 aromatic heterocycles. The Balaban J connectivity index is 2.52. The molecule has 0 bridgehead atoms. The van der Waals surface area contributed by atoms with E-state index in [1.165, 1.54) is 23.9 Å². The summed E-state index contributed by atoms with van der Waals surface area (Å²) in [5, 5.41) is 8.49. The van der Waals surface area contributed by atoms with Gasteiger partial charge in [0.05, 0.1) is 6.61 Å². The van der Waals surface area contributed by atoms with Gasteiger partial charge in [0.15, 0.2) is 0 Å². The van der Waals surface area contributed by atoms with Crippen molar-refractivity contribution >= 4 is 11.8 Å². The number of aliphatic hydroxyl groups excluding tert-OH is 1. The minimum Gasteiger partial charge on any atom is -0.396 e. The van der Waals surface area contributed by atoms with E-state index in [1.54, 1.807) is 12.1 Å². The molecule has 1 aromatic rings. The Morgan fingerprint density at radius 1 is 1.27 bits per heavy atom. The van der Waals surface area contributed by atoms with Crippen LogP contribution >= 0.6 is 11.8 Å². The van der Waals surface area contributed by atoms with E-state index < -0.39 is 0 Å². The number of halogens is 1. The molecule has 0 atom stereocenters. The van der Waals surface area contributed by atoms with Crippen LogP contribution in [0.25, 0.3) is 0 Å². The van der Waals surface area contributed by atoms with E-state index in [-0.39, 0.29) is 12.4 Å². The van der Waals surface area contributed by atoms with E-state index in [0.29, 0.717) is 5.75 Å². The molecule has 0 saturated carbocycles. The summed E-state index contributed by atoms with van der Waals surface area (Å²) in [6.07, 6.45) is 0. The van der Waals surface area contributed by atoms with Crippen molar-refractivity contribution < 1.29 is 9.50 Å². The van der Waals surface area contributed by atoms with Crippen molar-refractivity contribution in [3.8, 4) is 0 Å². The Bertz CT molecular complexity index is 210. The average molecular weight is 172 g/mol. The predicted octanol–water partition coefficient (Wildman–Crippen LogP) is 1.91. The Labute approximate surface area is 69.2 Å². The molecule has 3 heteroatoms. The summed E-state index contributed by atoms with van der Waals surface area (Å²) < 4.78 is 12.4. The highest BCUT2D eigenvalue weighted by atomic mass is 32.2. The van der Waals surface area contributed by atoms with Crippen LogP contribution in [0.15, 0.2) is 29.2 Å². The molecule has 0 fully saturated rings. The molecule has 0 aliphatic heterocycles. The second-order valence-electron chi connectivity index (χ2n) is 2.03. The van der Waals surface area contributed by atoms with Gasteiger partial charge in [-0.05, 0) is 24.3 Å². The van der Waals surface area contributed by atoms with Crippen LogP contribution in [0.4, 0.5) is 4.39 Å². The van der Waals surface area contributed by atoms with Crippen molar-refractivity contribution in [2.45, 2.75) is 4.90 Å². The van der Waals surface area contributed by atoms with Gasteiger partial charge in [0, 0.05) is 10.6 Å². The first kappa shape index (κ1) is 8.56. The van der Waals surface area contributed by atoms with Gasteiger partial charge in [-0.25, -0.2) is 4.39 Å². The molecule has 60 valence electrons. The number of rotatable bonds is 3. The number of thioether (sulfide) groups is 1. The average Bonchev–Trinajstić information content (AvgIpc) is 2.04. The summed E-state index contributed by atoms with van der Waals surface area (Å²) in [5.74, 6) is 0.435. The van der Waals surface area contributed by atoms with Crippen molar-refractivity contribution in [1.82, 2.24) is 0 Å². The maximum atomic E-state index is 12.4. The summed E-state index contributed by atoms with van der Waals surface area (Å²) >= 11 is 1.51. The third kappa shape index (κ3) is 2.91. The van der Waals surface area contributed by atoms with E-state index in [4.69, 9.17) is 5.11 Å². The van der Waals surface area contributed by atoms with Crippen LogP contribution in [0.1, 0.15) is 0 Å². The summed E-state index contributed by atoms with van der Waals surface area (Å²) in [6, 6.07) is 6.24. The number of hydrogen-bond donors (Lipinski definition) is 1. The van der Waals surface area contributed by atoms with Gasteiger partial charge in [-0.3, -0.25) is 0 Å². The molecule has 0 heterocycles.